The minimum absolute atomic E-state index is 0.139. The van der Waals surface area contributed by atoms with E-state index in [1.54, 1.807) is 12.1 Å². The summed E-state index contributed by atoms with van der Waals surface area (Å²) in [5, 5.41) is 12.3. The van der Waals surface area contributed by atoms with E-state index in [1.165, 1.54) is 12.3 Å². The Kier molecular flexibility index (Phi) is 3.90. The minimum Gasteiger partial charge on any atom is -0.506 e. The molecule has 0 saturated carbocycles. The van der Waals surface area contributed by atoms with Crippen LogP contribution in [0.3, 0.4) is 0 Å². The number of anilines is 2. The van der Waals surface area contributed by atoms with Crippen molar-refractivity contribution in [2.75, 3.05) is 23.3 Å². The SMILES string of the molecule is Oc1ccc(CNc2ccc(N3CCCC3)c(F)c2)nc1. The summed E-state index contributed by atoms with van der Waals surface area (Å²) in [4.78, 5) is 6.17. The molecule has 3 rings (SSSR count). The van der Waals surface area contributed by atoms with Crippen molar-refractivity contribution in [1.82, 2.24) is 4.98 Å². The number of pyridine rings is 1. The Morgan fingerprint density at radius 3 is 2.67 bits per heavy atom. The molecule has 0 atom stereocenters. The van der Waals surface area contributed by atoms with E-state index in [2.05, 4.69) is 15.2 Å². The second kappa shape index (κ2) is 5.99. The number of halogens is 1. The van der Waals surface area contributed by atoms with E-state index >= 15 is 0 Å². The summed E-state index contributed by atoms with van der Waals surface area (Å²) in [6.45, 7) is 2.35. The number of rotatable bonds is 4. The first kappa shape index (κ1) is 13.7. The first-order chi connectivity index (χ1) is 10.2. The third-order valence-electron chi connectivity index (χ3n) is 3.68. The van der Waals surface area contributed by atoms with E-state index in [1.807, 2.05) is 12.1 Å². The fourth-order valence-electron chi connectivity index (χ4n) is 2.55. The van der Waals surface area contributed by atoms with E-state index in [4.69, 9.17) is 0 Å². The maximum atomic E-state index is 14.2. The van der Waals surface area contributed by atoms with Gasteiger partial charge in [-0.3, -0.25) is 4.98 Å². The first-order valence-corrected chi connectivity index (χ1v) is 7.14. The number of nitrogens with one attached hydrogen (secondary N) is 1. The zero-order chi connectivity index (χ0) is 14.7. The lowest BCUT2D eigenvalue weighted by Crippen LogP contribution is -2.19. The van der Waals surface area contributed by atoms with Crippen molar-refractivity contribution in [2.45, 2.75) is 19.4 Å². The standard InChI is InChI=1S/C16H18FN3O/c17-15-9-12(4-6-16(15)20-7-1-2-8-20)18-10-13-3-5-14(21)11-19-13/h3-6,9,11,18,21H,1-2,7-8,10H2. The fraction of sp³-hybridized carbons (Fsp3) is 0.312. The van der Waals surface area contributed by atoms with Crippen molar-refractivity contribution in [2.24, 2.45) is 0 Å². The summed E-state index contributed by atoms with van der Waals surface area (Å²) in [5.41, 5.74) is 2.20. The van der Waals surface area contributed by atoms with Crippen LogP contribution in [0, 0.1) is 5.82 Å². The second-order valence-electron chi connectivity index (χ2n) is 5.22. The van der Waals surface area contributed by atoms with Gasteiger partial charge in [0, 0.05) is 18.8 Å². The number of aromatic nitrogens is 1. The van der Waals surface area contributed by atoms with E-state index in [0.29, 0.717) is 12.2 Å². The van der Waals surface area contributed by atoms with Crippen LogP contribution in [0.2, 0.25) is 0 Å². The molecule has 1 aliphatic heterocycles. The van der Waals surface area contributed by atoms with Gasteiger partial charge in [-0.2, -0.15) is 0 Å². The lowest BCUT2D eigenvalue weighted by molar-refractivity contribution is 0.472. The number of aromatic hydroxyl groups is 1. The Labute approximate surface area is 123 Å². The van der Waals surface area contributed by atoms with Crippen LogP contribution >= 0.6 is 0 Å². The van der Waals surface area contributed by atoms with Crippen molar-refractivity contribution in [3.8, 4) is 5.75 Å². The molecule has 1 saturated heterocycles. The highest BCUT2D eigenvalue weighted by atomic mass is 19.1. The number of hydrogen-bond acceptors (Lipinski definition) is 4. The van der Waals surface area contributed by atoms with E-state index in [9.17, 15) is 9.50 Å². The van der Waals surface area contributed by atoms with Gasteiger partial charge < -0.3 is 15.3 Å². The maximum Gasteiger partial charge on any atom is 0.148 e. The zero-order valence-electron chi connectivity index (χ0n) is 11.7. The molecule has 21 heavy (non-hydrogen) atoms. The Bertz CT molecular complexity index is 609. The second-order valence-corrected chi connectivity index (χ2v) is 5.22. The van der Waals surface area contributed by atoms with E-state index < -0.39 is 0 Å². The largest absolute Gasteiger partial charge is 0.506 e. The summed E-state index contributed by atoms with van der Waals surface area (Å²) in [6.07, 6.45) is 3.66. The van der Waals surface area contributed by atoms with Gasteiger partial charge in [0.1, 0.15) is 11.6 Å². The average Bonchev–Trinajstić information content (AvgIpc) is 3.01. The molecule has 1 fully saturated rings. The van der Waals surface area contributed by atoms with Crippen molar-refractivity contribution in [3.05, 3.63) is 48.0 Å². The predicted octanol–water partition coefficient (Wildman–Crippen LogP) is 3.14. The highest BCUT2D eigenvalue weighted by Gasteiger charge is 2.16. The third-order valence-corrected chi connectivity index (χ3v) is 3.68. The molecule has 0 bridgehead atoms. The minimum atomic E-state index is -0.194. The van der Waals surface area contributed by atoms with Crippen LogP contribution in [-0.2, 0) is 6.54 Å². The molecular weight excluding hydrogens is 269 g/mol. The molecule has 1 aromatic carbocycles. The molecule has 5 heteroatoms. The number of hydrogen-bond donors (Lipinski definition) is 2. The molecule has 2 N–H and O–H groups in total. The molecule has 0 spiro atoms. The average molecular weight is 287 g/mol. The van der Waals surface area contributed by atoms with Gasteiger partial charge in [-0.15, -0.1) is 0 Å². The van der Waals surface area contributed by atoms with Gasteiger partial charge in [0.25, 0.3) is 0 Å². The van der Waals surface area contributed by atoms with Gasteiger partial charge in [0.2, 0.25) is 0 Å². The zero-order valence-corrected chi connectivity index (χ0v) is 11.7. The quantitative estimate of drug-likeness (QED) is 0.907. The molecule has 2 heterocycles. The highest BCUT2D eigenvalue weighted by Crippen LogP contribution is 2.26. The lowest BCUT2D eigenvalue weighted by atomic mass is 10.2. The van der Waals surface area contributed by atoms with Gasteiger partial charge >= 0.3 is 0 Å². The first-order valence-electron chi connectivity index (χ1n) is 7.14. The van der Waals surface area contributed by atoms with Crippen LogP contribution in [-0.4, -0.2) is 23.2 Å². The summed E-state index contributed by atoms with van der Waals surface area (Å²) in [5.74, 6) is -0.0553. The summed E-state index contributed by atoms with van der Waals surface area (Å²) in [7, 11) is 0. The van der Waals surface area contributed by atoms with Gasteiger partial charge in [-0.1, -0.05) is 0 Å². The van der Waals surface area contributed by atoms with Crippen molar-refractivity contribution in [3.63, 3.8) is 0 Å². The maximum absolute atomic E-state index is 14.2. The summed E-state index contributed by atoms with van der Waals surface area (Å²) in [6, 6.07) is 8.55. The van der Waals surface area contributed by atoms with Crippen LogP contribution < -0.4 is 10.2 Å². The molecule has 1 aromatic heterocycles. The lowest BCUT2D eigenvalue weighted by Gasteiger charge is -2.19. The molecule has 0 aliphatic carbocycles. The van der Waals surface area contributed by atoms with Gasteiger partial charge in [-0.05, 0) is 43.2 Å². The molecule has 110 valence electrons. The van der Waals surface area contributed by atoms with E-state index in [-0.39, 0.29) is 11.6 Å². The Hall–Kier alpha value is -2.30. The highest BCUT2D eigenvalue weighted by molar-refractivity contribution is 5.56. The predicted molar refractivity (Wildman–Crippen MR) is 81.1 cm³/mol. The van der Waals surface area contributed by atoms with Crippen LogP contribution in [0.4, 0.5) is 15.8 Å². The molecule has 2 aromatic rings. The van der Waals surface area contributed by atoms with Gasteiger partial charge in [0.05, 0.1) is 24.1 Å². The molecule has 0 radical (unpaired) electrons. The molecular formula is C16H18FN3O. The van der Waals surface area contributed by atoms with Crippen LogP contribution in [0.5, 0.6) is 5.75 Å². The molecule has 0 unspecified atom stereocenters. The van der Waals surface area contributed by atoms with Gasteiger partial charge in [0.15, 0.2) is 0 Å². The van der Waals surface area contributed by atoms with Crippen molar-refractivity contribution >= 4 is 11.4 Å². The Morgan fingerprint density at radius 2 is 2.00 bits per heavy atom. The fourth-order valence-corrected chi connectivity index (χ4v) is 2.55. The van der Waals surface area contributed by atoms with E-state index in [0.717, 1.165) is 37.3 Å². The van der Waals surface area contributed by atoms with Gasteiger partial charge in [-0.25, -0.2) is 4.39 Å². The topological polar surface area (TPSA) is 48.4 Å². The monoisotopic (exact) mass is 287 g/mol. The molecule has 1 aliphatic rings. The summed E-state index contributed by atoms with van der Waals surface area (Å²) < 4.78 is 14.2. The number of nitrogens with zero attached hydrogens (tertiary/aromatic N) is 2. The number of benzene rings is 1. The smallest absolute Gasteiger partial charge is 0.148 e. The molecule has 4 nitrogen and oxygen atoms in total. The normalized spacial score (nSPS) is 14.4. The van der Waals surface area contributed by atoms with Crippen LogP contribution in [0.15, 0.2) is 36.5 Å². The Balaban J connectivity index is 1.66. The summed E-state index contributed by atoms with van der Waals surface area (Å²) >= 11 is 0. The van der Waals surface area contributed by atoms with Crippen LogP contribution in [0.1, 0.15) is 18.5 Å². The van der Waals surface area contributed by atoms with Crippen molar-refractivity contribution < 1.29 is 9.50 Å². The van der Waals surface area contributed by atoms with Crippen molar-refractivity contribution in [1.29, 1.82) is 0 Å². The van der Waals surface area contributed by atoms with Crippen LogP contribution in [0.25, 0.3) is 0 Å². The Morgan fingerprint density at radius 1 is 1.19 bits per heavy atom. The molecule has 0 amide bonds. The third kappa shape index (κ3) is 3.24.